The zero-order chi connectivity index (χ0) is 16.3. The van der Waals surface area contributed by atoms with Gasteiger partial charge in [0, 0.05) is 21.8 Å². The molecule has 0 aliphatic heterocycles. The van der Waals surface area contributed by atoms with Gasteiger partial charge in [0.2, 0.25) is 0 Å². The molecule has 0 saturated carbocycles. The lowest BCUT2D eigenvalue weighted by Gasteiger charge is -2.14. The summed E-state index contributed by atoms with van der Waals surface area (Å²) in [5, 5.41) is 8.25. The van der Waals surface area contributed by atoms with E-state index in [1.54, 1.807) is 0 Å². The number of para-hydroxylation sites is 1. The van der Waals surface area contributed by atoms with Gasteiger partial charge in [0.15, 0.2) is 0 Å². The average molecular weight is 309 g/mol. The van der Waals surface area contributed by atoms with Crippen molar-refractivity contribution in [1.29, 1.82) is 0 Å². The SMILES string of the molecule is CCc1c2ccccc2c(C)c2c1ccc1[nH]c3ccccc3c12. The molecule has 0 fully saturated rings. The molecule has 5 aromatic rings. The minimum Gasteiger partial charge on any atom is -0.354 e. The molecule has 1 heterocycles. The highest BCUT2D eigenvalue weighted by molar-refractivity contribution is 6.24. The Morgan fingerprint density at radius 2 is 1.38 bits per heavy atom. The van der Waals surface area contributed by atoms with Gasteiger partial charge in [-0.25, -0.2) is 0 Å². The maximum absolute atomic E-state index is 3.58. The lowest BCUT2D eigenvalue weighted by molar-refractivity contribution is 1.18. The second kappa shape index (κ2) is 4.85. The second-order valence-electron chi connectivity index (χ2n) is 6.58. The third kappa shape index (κ3) is 1.64. The van der Waals surface area contributed by atoms with Gasteiger partial charge in [0.05, 0.1) is 0 Å². The summed E-state index contributed by atoms with van der Waals surface area (Å²) in [6.45, 7) is 4.53. The molecule has 5 rings (SSSR count). The predicted octanol–water partition coefficient (Wildman–Crippen LogP) is 6.50. The first kappa shape index (κ1) is 13.6. The summed E-state index contributed by atoms with van der Waals surface area (Å²) in [7, 11) is 0. The van der Waals surface area contributed by atoms with Gasteiger partial charge in [0.1, 0.15) is 0 Å². The Hall–Kier alpha value is -2.80. The molecule has 0 atom stereocenters. The summed E-state index contributed by atoms with van der Waals surface area (Å²) in [4.78, 5) is 3.58. The van der Waals surface area contributed by atoms with Gasteiger partial charge in [-0.15, -0.1) is 0 Å². The highest BCUT2D eigenvalue weighted by Gasteiger charge is 2.15. The monoisotopic (exact) mass is 309 g/mol. The van der Waals surface area contributed by atoms with Gasteiger partial charge in [0.25, 0.3) is 0 Å². The molecule has 116 valence electrons. The topological polar surface area (TPSA) is 15.8 Å². The van der Waals surface area contributed by atoms with E-state index in [-0.39, 0.29) is 0 Å². The molecule has 24 heavy (non-hydrogen) atoms. The second-order valence-corrected chi connectivity index (χ2v) is 6.58. The van der Waals surface area contributed by atoms with Gasteiger partial charge in [-0.3, -0.25) is 0 Å². The zero-order valence-corrected chi connectivity index (χ0v) is 14.0. The van der Waals surface area contributed by atoms with Gasteiger partial charge in [-0.05, 0) is 58.1 Å². The van der Waals surface area contributed by atoms with Crippen LogP contribution in [0.25, 0.3) is 43.4 Å². The van der Waals surface area contributed by atoms with Crippen LogP contribution in [-0.2, 0) is 6.42 Å². The van der Waals surface area contributed by atoms with Crippen LogP contribution in [0.5, 0.6) is 0 Å². The molecule has 0 amide bonds. The Morgan fingerprint density at radius 1 is 0.667 bits per heavy atom. The van der Waals surface area contributed by atoms with Crippen molar-refractivity contribution in [3.63, 3.8) is 0 Å². The van der Waals surface area contributed by atoms with Crippen molar-refractivity contribution in [2.75, 3.05) is 0 Å². The van der Waals surface area contributed by atoms with Crippen LogP contribution in [0.2, 0.25) is 0 Å². The predicted molar refractivity (Wildman–Crippen MR) is 105 cm³/mol. The summed E-state index contributed by atoms with van der Waals surface area (Å²) in [5.74, 6) is 0. The maximum Gasteiger partial charge on any atom is 0.0471 e. The fourth-order valence-corrected chi connectivity index (χ4v) is 4.32. The van der Waals surface area contributed by atoms with E-state index < -0.39 is 0 Å². The van der Waals surface area contributed by atoms with Gasteiger partial charge >= 0.3 is 0 Å². The molecule has 1 aromatic heterocycles. The van der Waals surface area contributed by atoms with E-state index in [1.807, 2.05) is 0 Å². The molecule has 1 heteroatoms. The smallest absolute Gasteiger partial charge is 0.0471 e. The number of nitrogens with one attached hydrogen (secondary N) is 1. The fourth-order valence-electron chi connectivity index (χ4n) is 4.32. The molecule has 4 aromatic carbocycles. The van der Waals surface area contributed by atoms with Gasteiger partial charge in [-0.2, -0.15) is 0 Å². The Labute approximate surface area is 140 Å². The number of hydrogen-bond donors (Lipinski definition) is 1. The number of aromatic nitrogens is 1. The summed E-state index contributed by atoms with van der Waals surface area (Å²) in [6.07, 6.45) is 1.05. The summed E-state index contributed by atoms with van der Waals surface area (Å²) < 4.78 is 0. The number of benzene rings is 4. The van der Waals surface area contributed by atoms with Crippen LogP contribution in [0.3, 0.4) is 0 Å². The summed E-state index contributed by atoms with van der Waals surface area (Å²) >= 11 is 0. The first-order chi connectivity index (χ1) is 11.8. The molecule has 0 aliphatic rings. The van der Waals surface area contributed by atoms with Crippen molar-refractivity contribution < 1.29 is 0 Å². The van der Waals surface area contributed by atoms with Crippen molar-refractivity contribution in [3.8, 4) is 0 Å². The van der Waals surface area contributed by atoms with Crippen molar-refractivity contribution >= 4 is 43.4 Å². The molecular formula is C23H19N. The lowest BCUT2D eigenvalue weighted by atomic mass is 9.89. The van der Waals surface area contributed by atoms with Crippen LogP contribution in [0, 0.1) is 6.92 Å². The fraction of sp³-hybridized carbons (Fsp3) is 0.130. The Bertz CT molecular complexity index is 1240. The van der Waals surface area contributed by atoms with E-state index in [4.69, 9.17) is 0 Å². The molecule has 0 unspecified atom stereocenters. The van der Waals surface area contributed by atoms with Gasteiger partial charge < -0.3 is 4.98 Å². The van der Waals surface area contributed by atoms with Crippen LogP contribution in [0.15, 0.2) is 60.7 Å². The van der Waals surface area contributed by atoms with Crippen LogP contribution in [-0.4, -0.2) is 4.98 Å². The van der Waals surface area contributed by atoms with E-state index in [0.717, 1.165) is 6.42 Å². The molecule has 1 nitrogen and oxygen atoms in total. The number of fused-ring (bicyclic) bond motifs is 6. The number of hydrogen-bond acceptors (Lipinski definition) is 0. The first-order valence-corrected chi connectivity index (χ1v) is 8.63. The molecule has 0 radical (unpaired) electrons. The minimum atomic E-state index is 1.05. The molecule has 0 bridgehead atoms. The van der Waals surface area contributed by atoms with E-state index >= 15 is 0 Å². The third-order valence-corrected chi connectivity index (χ3v) is 5.38. The summed E-state index contributed by atoms with van der Waals surface area (Å²) in [6, 6.07) is 22.0. The summed E-state index contributed by atoms with van der Waals surface area (Å²) in [5.41, 5.74) is 5.28. The van der Waals surface area contributed by atoms with Crippen molar-refractivity contribution in [2.24, 2.45) is 0 Å². The Morgan fingerprint density at radius 3 is 2.17 bits per heavy atom. The number of rotatable bonds is 1. The molecular weight excluding hydrogens is 290 g/mol. The maximum atomic E-state index is 3.58. The highest BCUT2D eigenvalue weighted by atomic mass is 14.7. The van der Waals surface area contributed by atoms with Crippen molar-refractivity contribution in [3.05, 3.63) is 71.8 Å². The first-order valence-electron chi connectivity index (χ1n) is 8.63. The zero-order valence-electron chi connectivity index (χ0n) is 14.0. The van der Waals surface area contributed by atoms with Crippen LogP contribution in [0.1, 0.15) is 18.1 Å². The largest absolute Gasteiger partial charge is 0.354 e. The van der Waals surface area contributed by atoms with E-state index in [0.29, 0.717) is 0 Å². The third-order valence-electron chi connectivity index (χ3n) is 5.38. The lowest BCUT2D eigenvalue weighted by Crippen LogP contribution is -1.92. The quantitative estimate of drug-likeness (QED) is 0.340. The van der Waals surface area contributed by atoms with E-state index in [2.05, 4.69) is 79.5 Å². The minimum absolute atomic E-state index is 1.05. The molecule has 1 N–H and O–H groups in total. The average Bonchev–Trinajstić information content (AvgIpc) is 3.01. The highest BCUT2D eigenvalue weighted by Crippen LogP contribution is 2.39. The molecule has 0 saturated heterocycles. The van der Waals surface area contributed by atoms with E-state index in [1.165, 1.54) is 54.5 Å². The molecule has 0 aliphatic carbocycles. The number of H-pyrrole nitrogens is 1. The normalized spacial score (nSPS) is 11.9. The van der Waals surface area contributed by atoms with E-state index in [9.17, 15) is 0 Å². The van der Waals surface area contributed by atoms with Crippen molar-refractivity contribution in [2.45, 2.75) is 20.3 Å². The van der Waals surface area contributed by atoms with Crippen LogP contribution in [0.4, 0.5) is 0 Å². The Kier molecular flexibility index (Phi) is 2.75. The van der Waals surface area contributed by atoms with Crippen molar-refractivity contribution in [1.82, 2.24) is 4.98 Å². The number of aryl methyl sites for hydroxylation is 2. The Balaban J connectivity index is 2.16. The van der Waals surface area contributed by atoms with Crippen LogP contribution >= 0.6 is 0 Å². The standard InChI is InChI=1S/C23H19N/c1-3-15-17-9-5-4-8-16(17)14(2)22-18(15)12-13-21-23(22)19-10-6-7-11-20(19)24-21/h4-13,24H,3H2,1-2H3. The number of aromatic amines is 1. The van der Waals surface area contributed by atoms with Gasteiger partial charge in [-0.1, -0.05) is 55.5 Å². The van der Waals surface area contributed by atoms with Crippen LogP contribution < -0.4 is 0 Å². The molecule has 0 spiro atoms.